The molecule has 0 saturated carbocycles. The highest BCUT2D eigenvalue weighted by atomic mass is 32.2. The number of fused-ring (bicyclic) bond motifs is 1. The maximum absolute atomic E-state index is 12.0. The Morgan fingerprint density at radius 1 is 1.44 bits per heavy atom. The van der Waals surface area contributed by atoms with Crippen molar-refractivity contribution in [1.29, 1.82) is 0 Å². The van der Waals surface area contributed by atoms with Gasteiger partial charge in [-0.3, -0.25) is 4.79 Å². The number of para-hydroxylation sites is 1. The average Bonchev–Trinajstić information content (AvgIpc) is 3.04. The van der Waals surface area contributed by atoms with E-state index in [0.717, 1.165) is 17.9 Å². The zero-order valence-electron chi connectivity index (χ0n) is 10.2. The van der Waals surface area contributed by atoms with Crippen LogP contribution >= 0.6 is 11.8 Å². The maximum Gasteiger partial charge on any atom is 0.261 e. The molecule has 1 amide bonds. The molecule has 96 valence electrons. The van der Waals surface area contributed by atoms with Crippen molar-refractivity contribution in [2.24, 2.45) is 5.92 Å². The summed E-state index contributed by atoms with van der Waals surface area (Å²) in [6, 6.07) is 7.87. The Balaban J connectivity index is 1.52. The van der Waals surface area contributed by atoms with Crippen molar-refractivity contribution >= 4 is 17.7 Å². The number of amides is 1. The Hall–Kier alpha value is -1.16. The standard InChI is InChI=1S/C14H17NO2S/c16-14(15-8-10-5-6-18-9-10)13-7-11-3-1-2-4-12(11)17-13/h1-4,10,13H,5-9H2,(H,15,16)/t10-,13-/m1/s1. The normalized spacial score (nSPS) is 25.6. The summed E-state index contributed by atoms with van der Waals surface area (Å²) in [5.41, 5.74) is 1.13. The number of nitrogens with one attached hydrogen (secondary N) is 1. The lowest BCUT2D eigenvalue weighted by Crippen LogP contribution is -2.39. The second-order valence-electron chi connectivity index (χ2n) is 4.89. The molecule has 0 unspecified atom stereocenters. The zero-order valence-corrected chi connectivity index (χ0v) is 11.0. The summed E-state index contributed by atoms with van der Waals surface area (Å²) in [5.74, 6) is 3.93. The smallest absolute Gasteiger partial charge is 0.261 e. The molecule has 0 spiro atoms. The predicted octanol–water partition coefficient (Wildman–Crippen LogP) is 1.86. The van der Waals surface area contributed by atoms with Crippen molar-refractivity contribution in [3.05, 3.63) is 29.8 Å². The van der Waals surface area contributed by atoms with Crippen LogP contribution in [-0.2, 0) is 11.2 Å². The Morgan fingerprint density at radius 2 is 2.33 bits per heavy atom. The van der Waals surface area contributed by atoms with Crippen molar-refractivity contribution in [3.63, 3.8) is 0 Å². The largest absolute Gasteiger partial charge is 0.480 e. The minimum atomic E-state index is -0.337. The fourth-order valence-corrected chi connectivity index (χ4v) is 3.72. The minimum Gasteiger partial charge on any atom is -0.480 e. The van der Waals surface area contributed by atoms with Crippen molar-refractivity contribution in [2.45, 2.75) is 18.9 Å². The van der Waals surface area contributed by atoms with Crippen LogP contribution in [0.15, 0.2) is 24.3 Å². The van der Waals surface area contributed by atoms with Gasteiger partial charge in [0.1, 0.15) is 5.75 Å². The van der Waals surface area contributed by atoms with Crippen LogP contribution in [-0.4, -0.2) is 30.1 Å². The van der Waals surface area contributed by atoms with Crippen LogP contribution in [0.25, 0.3) is 0 Å². The summed E-state index contributed by atoms with van der Waals surface area (Å²) in [5, 5.41) is 3.02. The number of carbonyl (C=O) groups excluding carboxylic acids is 1. The van der Waals surface area contributed by atoms with Gasteiger partial charge in [0.2, 0.25) is 0 Å². The highest BCUT2D eigenvalue weighted by Crippen LogP contribution is 2.28. The highest BCUT2D eigenvalue weighted by molar-refractivity contribution is 7.99. The Bertz CT molecular complexity index is 418. The maximum atomic E-state index is 12.0. The topological polar surface area (TPSA) is 38.3 Å². The molecular weight excluding hydrogens is 246 g/mol. The number of rotatable bonds is 3. The van der Waals surface area contributed by atoms with Gasteiger partial charge in [0.05, 0.1) is 0 Å². The van der Waals surface area contributed by atoms with Crippen molar-refractivity contribution in [2.75, 3.05) is 18.1 Å². The first-order valence-electron chi connectivity index (χ1n) is 6.43. The molecule has 18 heavy (non-hydrogen) atoms. The van der Waals surface area contributed by atoms with E-state index in [1.807, 2.05) is 36.0 Å². The summed E-state index contributed by atoms with van der Waals surface area (Å²) >= 11 is 1.97. The summed E-state index contributed by atoms with van der Waals surface area (Å²) in [7, 11) is 0. The van der Waals surface area contributed by atoms with Crippen LogP contribution in [0, 0.1) is 5.92 Å². The van der Waals surface area contributed by atoms with Gasteiger partial charge in [-0.1, -0.05) is 18.2 Å². The van der Waals surface area contributed by atoms with Gasteiger partial charge in [0, 0.05) is 13.0 Å². The number of ether oxygens (including phenoxy) is 1. The van der Waals surface area contributed by atoms with Gasteiger partial charge in [0.25, 0.3) is 5.91 Å². The van der Waals surface area contributed by atoms with E-state index in [-0.39, 0.29) is 12.0 Å². The molecule has 2 aliphatic rings. The number of hydrogen-bond acceptors (Lipinski definition) is 3. The van der Waals surface area contributed by atoms with Gasteiger partial charge in [-0.15, -0.1) is 0 Å². The first-order chi connectivity index (χ1) is 8.83. The van der Waals surface area contributed by atoms with E-state index < -0.39 is 0 Å². The van der Waals surface area contributed by atoms with Crippen molar-refractivity contribution in [3.8, 4) is 5.75 Å². The molecule has 1 aromatic rings. The first kappa shape index (κ1) is 11.9. The van der Waals surface area contributed by atoms with Gasteiger partial charge in [-0.05, 0) is 35.5 Å². The molecule has 3 nitrogen and oxygen atoms in total. The molecule has 1 aromatic carbocycles. The van der Waals surface area contributed by atoms with Crippen LogP contribution in [0.4, 0.5) is 0 Å². The average molecular weight is 263 g/mol. The van der Waals surface area contributed by atoms with E-state index >= 15 is 0 Å². The number of benzene rings is 1. The first-order valence-corrected chi connectivity index (χ1v) is 7.58. The Kier molecular flexibility index (Phi) is 3.46. The lowest BCUT2D eigenvalue weighted by molar-refractivity contribution is -0.127. The third-order valence-corrected chi connectivity index (χ3v) is 4.76. The van der Waals surface area contributed by atoms with Gasteiger partial charge in [0.15, 0.2) is 6.10 Å². The summed E-state index contributed by atoms with van der Waals surface area (Å²) < 4.78 is 5.67. The molecule has 2 aliphatic heterocycles. The number of carbonyl (C=O) groups is 1. The van der Waals surface area contributed by atoms with E-state index in [1.54, 1.807) is 0 Å². The molecule has 0 radical (unpaired) electrons. The number of hydrogen-bond donors (Lipinski definition) is 1. The summed E-state index contributed by atoms with van der Waals surface area (Å²) in [6.07, 6.45) is 1.58. The molecule has 0 bridgehead atoms. The second-order valence-corrected chi connectivity index (χ2v) is 6.04. The third kappa shape index (κ3) is 2.48. The molecule has 4 heteroatoms. The van der Waals surface area contributed by atoms with Crippen molar-refractivity contribution in [1.82, 2.24) is 5.32 Å². The minimum absolute atomic E-state index is 0.0306. The van der Waals surface area contributed by atoms with Crippen LogP contribution in [0.2, 0.25) is 0 Å². The third-order valence-electron chi connectivity index (χ3n) is 3.53. The lowest BCUT2D eigenvalue weighted by atomic mass is 10.1. The second kappa shape index (κ2) is 5.22. The molecule has 1 N–H and O–H groups in total. The Labute approximate surface area is 111 Å². The molecule has 3 rings (SSSR count). The van der Waals surface area contributed by atoms with E-state index in [0.29, 0.717) is 12.3 Å². The number of thioether (sulfide) groups is 1. The Morgan fingerprint density at radius 3 is 3.11 bits per heavy atom. The molecule has 0 aromatic heterocycles. The molecule has 2 heterocycles. The quantitative estimate of drug-likeness (QED) is 0.904. The van der Waals surface area contributed by atoms with E-state index in [1.165, 1.54) is 17.9 Å². The fraction of sp³-hybridized carbons (Fsp3) is 0.500. The van der Waals surface area contributed by atoms with Gasteiger partial charge >= 0.3 is 0 Å². The van der Waals surface area contributed by atoms with Crippen molar-refractivity contribution < 1.29 is 9.53 Å². The lowest BCUT2D eigenvalue weighted by Gasteiger charge is -2.14. The molecule has 1 fully saturated rings. The van der Waals surface area contributed by atoms with Gasteiger partial charge in [-0.2, -0.15) is 11.8 Å². The van der Waals surface area contributed by atoms with Crippen LogP contribution in [0.5, 0.6) is 5.75 Å². The molecular formula is C14H17NO2S. The van der Waals surface area contributed by atoms with Crippen LogP contribution in [0.3, 0.4) is 0 Å². The van der Waals surface area contributed by atoms with Gasteiger partial charge < -0.3 is 10.1 Å². The van der Waals surface area contributed by atoms with Crippen LogP contribution in [0.1, 0.15) is 12.0 Å². The SMILES string of the molecule is O=C(NC[C@H]1CCSC1)[C@H]1Cc2ccccc2O1. The zero-order chi connectivity index (χ0) is 12.4. The highest BCUT2D eigenvalue weighted by Gasteiger charge is 2.29. The molecule has 1 saturated heterocycles. The predicted molar refractivity (Wildman–Crippen MR) is 73.0 cm³/mol. The van der Waals surface area contributed by atoms with Crippen LogP contribution < -0.4 is 10.1 Å². The summed E-state index contributed by atoms with van der Waals surface area (Å²) in [4.78, 5) is 12.0. The van der Waals surface area contributed by atoms with E-state index in [9.17, 15) is 4.79 Å². The fourth-order valence-electron chi connectivity index (χ4n) is 2.43. The summed E-state index contributed by atoms with van der Waals surface area (Å²) in [6.45, 7) is 0.794. The van der Waals surface area contributed by atoms with E-state index in [2.05, 4.69) is 5.32 Å². The monoisotopic (exact) mass is 263 g/mol. The molecule has 2 atom stereocenters. The van der Waals surface area contributed by atoms with Gasteiger partial charge in [-0.25, -0.2) is 0 Å². The van der Waals surface area contributed by atoms with E-state index in [4.69, 9.17) is 4.74 Å². The molecule has 0 aliphatic carbocycles.